The Morgan fingerprint density at radius 3 is 2.88 bits per heavy atom. The van der Waals surface area contributed by atoms with E-state index in [1.54, 1.807) is 4.68 Å². The molecule has 0 atom stereocenters. The lowest BCUT2D eigenvalue weighted by molar-refractivity contribution is 0.0697. The molecule has 0 radical (unpaired) electrons. The Balaban J connectivity index is 1.84. The number of carboxylic acid groups (broad SMARTS) is 1. The molecular weight excluding hydrogens is 354 g/mol. The van der Waals surface area contributed by atoms with Crippen LogP contribution in [0.1, 0.15) is 15.9 Å². The Bertz CT molecular complexity index is 1030. The molecule has 7 nitrogen and oxygen atoms in total. The van der Waals surface area contributed by atoms with E-state index in [0.717, 1.165) is 34.7 Å². The molecule has 132 valence electrons. The molecule has 8 heteroatoms. The molecule has 1 aliphatic heterocycles. The third kappa shape index (κ3) is 2.66. The van der Waals surface area contributed by atoms with Gasteiger partial charge >= 0.3 is 5.97 Å². The van der Waals surface area contributed by atoms with E-state index >= 15 is 0 Å². The molecule has 0 aliphatic carbocycles. The van der Waals surface area contributed by atoms with Crippen LogP contribution in [0.25, 0.3) is 11.3 Å². The first-order chi connectivity index (χ1) is 12.4. The Morgan fingerprint density at radius 1 is 1.31 bits per heavy atom. The van der Waals surface area contributed by atoms with E-state index in [0.29, 0.717) is 5.69 Å². The molecule has 2 N–H and O–H groups in total. The second-order valence-corrected chi connectivity index (χ2v) is 6.60. The molecule has 4 rings (SSSR count). The Morgan fingerprint density at radius 2 is 2.12 bits per heavy atom. The van der Waals surface area contributed by atoms with Crippen molar-refractivity contribution in [2.75, 3.05) is 17.3 Å². The number of carboxylic acids is 1. The maximum Gasteiger partial charge on any atom is 0.339 e. The second kappa shape index (κ2) is 6.03. The zero-order valence-corrected chi connectivity index (χ0v) is 14.9. The van der Waals surface area contributed by atoms with Gasteiger partial charge in [-0.15, -0.1) is 0 Å². The van der Waals surface area contributed by atoms with Crippen LogP contribution in [-0.2, 0) is 13.6 Å². The number of hydrogen-bond acceptors (Lipinski definition) is 5. The van der Waals surface area contributed by atoms with Gasteiger partial charge in [0.15, 0.2) is 0 Å². The fourth-order valence-electron chi connectivity index (χ4n) is 3.31. The number of aromatic nitrogens is 3. The van der Waals surface area contributed by atoms with Gasteiger partial charge in [-0.25, -0.2) is 9.78 Å². The van der Waals surface area contributed by atoms with Crippen LogP contribution in [0.15, 0.2) is 36.7 Å². The average Bonchev–Trinajstić information content (AvgIpc) is 2.95. The summed E-state index contributed by atoms with van der Waals surface area (Å²) in [6.07, 6.45) is 3.27. The second-order valence-electron chi connectivity index (χ2n) is 6.22. The minimum atomic E-state index is -1.07. The summed E-state index contributed by atoms with van der Waals surface area (Å²) >= 11 is 5.96. The normalized spacial score (nSPS) is 12.5. The van der Waals surface area contributed by atoms with Crippen molar-refractivity contribution in [1.82, 2.24) is 14.8 Å². The van der Waals surface area contributed by atoms with Crippen molar-refractivity contribution in [2.45, 2.75) is 6.54 Å². The number of carbonyl (C=O) groups is 1. The molecule has 0 unspecified atom stereocenters. The fraction of sp³-hybridized carbons (Fsp3) is 0.167. The van der Waals surface area contributed by atoms with Crippen LogP contribution >= 0.6 is 11.6 Å². The number of halogens is 1. The molecule has 26 heavy (non-hydrogen) atoms. The first kappa shape index (κ1) is 16.4. The van der Waals surface area contributed by atoms with Crippen molar-refractivity contribution in [1.29, 1.82) is 0 Å². The van der Waals surface area contributed by atoms with Crippen molar-refractivity contribution in [3.05, 3.63) is 52.9 Å². The molecule has 0 fully saturated rings. The van der Waals surface area contributed by atoms with Crippen LogP contribution in [0.2, 0.25) is 5.15 Å². The predicted molar refractivity (Wildman–Crippen MR) is 100 cm³/mol. The number of nitrogens with zero attached hydrogens (tertiary/aromatic N) is 4. The molecule has 0 amide bonds. The number of para-hydroxylation sites is 1. The monoisotopic (exact) mass is 369 g/mol. The molecule has 1 aromatic carbocycles. The zero-order valence-electron chi connectivity index (χ0n) is 14.2. The van der Waals surface area contributed by atoms with E-state index < -0.39 is 5.97 Å². The van der Waals surface area contributed by atoms with Crippen molar-refractivity contribution in [2.24, 2.45) is 7.05 Å². The Labute approximate surface area is 154 Å². The van der Waals surface area contributed by atoms with E-state index in [1.807, 2.05) is 38.5 Å². The number of benzene rings is 1. The number of rotatable bonds is 3. The number of anilines is 3. The summed E-state index contributed by atoms with van der Waals surface area (Å²) in [5, 5.41) is 17.4. The fourth-order valence-corrected chi connectivity index (χ4v) is 3.47. The van der Waals surface area contributed by atoms with Gasteiger partial charge in [-0.2, -0.15) is 5.10 Å². The number of fused-ring (bicyclic) bond motifs is 3. The summed E-state index contributed by atoms with van der Waals surface area (Å²) < 4.78 is 1.80. The molecule has 3 aromatic rings. The summed E-state index contributed by atoms with van der Waals surface area (Å²) in [7, 11) is 3.90. The van der Waals surface area contributed by atoms with Gasteiger partial charge in [0.05, 0.1) is 22.8 Å². The molecule has 0 bridgehead atoms. The van der Waals surface area contributed by atoms with Gasteiger partial charge in [0.1, 0.15) is 10.7 Å². The van der Waals surface area contributed by atoms with Gasteiger partial charge in [0.2, 0.25) is 0 Å². The van der Waals surface area contributed by atoms with Crippen molar-refractivity contribution < 1.29 is 9.90 Å². The van der Waals surface area contributed by atoms with Crippen LogP contribution < -0.4 is 10.2 Å². The largest absolute Gasteiger partial charge is 0.478 e. The molecule has 2 aromatic heterocycles. The van der Waals surface area contributed by atoms with Crippen LogP contribution in [0.4, 0.5) is 17.1 Å². The summed E-state index contributed by atoms with van der Waals surface area (Å²) in [5.41, 5.74) is 5.29. The van der Waals surface area contributed by atoms with Gasteiger partial charge < -0.3 is 15.3 Å². The number of aromatic carboxylic acids is 1. The SMILES string of the molecule is CN1Cc2cn(C)nc2-c2cccc(Nc3cc(Cl)ncc3C(=O)O)c21. The zero-order chi connectivity index (χ0) is 18.4. The van der Waals surface area contributed by atoms with Crippen LogP contribution in [0.3, 0.4) is 0 Å². The lowest BCUT2D eigenvalue weighted by Gasteiger charge is -2.29. The number of hydrogen-bond donors (Lipinski definition) is 2. The first-order valence-corrected chi connectivity index (χ1v) is 8.34. The van der Waals surface area contributed by atoms with Gasteiger partial charge in [-0.05, 0) is 12.1 Å². The van der Waals surface area contributed by atoms with Gasteiger partial charge in [-0.3, -0.25) is 4.68 Å². The lowest BCUT2D eigenvalue weighted by Crippen LogP contribution is -2.22. The molecular formula is C18H16ClN5O2. The third-order valence-corrected chi connectivity index (χ3v) is 4.56. The van der Waals surface area contributed by atoms with E-state index in [1.165, 1.54) is 12.3 Å². The third-order valence-electron chi connectivity index (χ3n) is 4.36. The molecule has 3 heterocycles. The number of nitrogens with one attached hydrogen (secondary N) is 1. The molecule has 0 saturated heterocycles. The average molecular weight is 370 g/mol. The topological polar surface area (TPSA) is 83.3 Å². The molecule has 0 saturated carbocycles. The van der Waals surface area contributed by atoms with Crippen LogP contribution in [-0.4, -0.2) is 32.9 Å². The Hall–Kier alpha value is -3.06. The van der Waals surface area contributed by atoms with Crippen molar-refractivity contribution in [3.8, 4) is 11.3 Å². The highest BCUT2D eigenvalue weighted by atomic mass is 35.5. The quantitative estimate of drug-likeness (QED) is 0.687. The number of pyridine rings is 1. The standard InChI is InChI=1S/C18H16ClN5O2/c1-23-8-10-9-24(2)22-16(10)11-4-3-5-13(17(11)23)21-14-6-15(19)20-7-12(14)18(25)26/h3-7,9H,8H2,1-2H3,(H,20,21)(H,25,26). The summed E-state index contributed by atoms with van der Waals surface area (Å²) in [5.74, 6) is -1.07. The van der Waals surface area contributed by atoms with Crippen molar-refractivity contribution >= 4 is 34.6 Å². The molecule has 1 aliphatic rings. The van der Waals surface area contributed by atoms with E-state index in [-0.39, 0.29) is 10.7 Å². The lowest BCUT2D eigenvalue weighted by atomic mass is 9.99. The predicted octanol–water partition coefficient (Wildman–Crippen LogP) is 3.53. The highest BCUT2D eigenvalue weighted by Gasteiger charge is 2.25. The van der Waals surface area contributed by atoms with Gasteiger partial charge in [0.25, 0.3) is 0 Å². The maximum absolute atomic E-state index is 11.5. The maximum atomic E-state index is 11.5. The highest BCUT2D eigenvalue weighted by Crippen LogP contribution is 2.43. The van der Waals surface area contributed by atoms with E-state index in [2.05, 4.69) is 20.3 Å². The summed E-state index contributed by atoms with van der Waals surface area (Å²) in [4.78, 5) is 17.5. The van der Waals surface area contributed by atoms with Crippen LogP contribution in [0.5, 0.6) is 0 Å². The smallest absolute Gasteiger partial charge is 0.339 e. The summed E-state index contributed by atoms with van der Waals surface area (Å²) in [6, 6.07) is 7.35. The minimum absolute atomic E-state index is 0.0593. The Kier molecular flexibility index (Phi) is 3.81. The van der Waals surface area contributed by atoms with E-state index in [4.69, 9.17) is 11.6 Å². The number of aryl methyl sites for hydroxylation is 1. The van der Waals surface area contributed by atoms with E-state index in [9.17, 15) is 9.90 Å². The highest BCUT2D eigenvalue weighted by molar-refractivity contribution is 6.29. The summed E-state index contributed by atoms with van der Waals surface area (Å²) in [6.45, 7) is 0.720. The molecule has 0 spiro atoms. The minimum Gasteiger partial charge on any atom is -0.478 e. The first-order valence-electron chi connectivity index (χ1n) is 7.97. The van der Waals surface area contributed by atoms with Crippen LogP contribution in [0, 0.1) is 0 Å². The van der Waals surface area contributed by atoms with Crippen molar-refractivity contribution in [3.63, 3.8) is 0 Å². The van der Waals surface area contributed by atoms with Gasteiger partial charge in [-0.1, -0.05) is 23.7 Å². The van der Waals surface area contributed by atoms with Gasteiger partial charge in [0, 0.05) is 44.2 Å².